The number of carbonyl (C=O) groups is 1. The summed E-state index contributed by atoms with van der Waals surface area (Å²) in [5.74, 6) is -0.315. The van der Waals surface area contributed by atoms with Gasteiger partial charge in [-0.1, -0.05) is 6.58 Å². The lowest BCUT2D eigenvalue weighted by molar-refractivity contribution is -0.870. The number of phosphoric acid groups is 1. The number of hydrogen-bond acceptors (Lipinski definition) is 6. The van der Waals surface area contributed by atoms with Gasteiger partial charge < -0.3 is 24.5 Å². The molecule has 0 fully saturated rings. The molecule has 0 saturated heterocycles. The van der Waals surface area contributed by atoms with Gasteiger partial charge in [-0.25, -0.2) is 4.57 Å². The Morgan fingerprint density at radius 3 is 2.52 bits per heavy atom. The van der Waals surface area contributed by atoms with Crippen molar-refractivity contribution in [1.82, 2.24) is 5.32 Å². The molecule has 0 spiro atoms. The first-order chi connectivity index (χ1) is 10.6. The van der Waals surface area contributed by atoms with Crippen molar-refractivity contribution >= 4 is 13.7 Å². The molecule has 1 amide bonds. The number of aliphatic hydroxyl groups excluding tert-OH is 1. The molecule has 0 rings (SSSR count). The molecule has 0 aromatic heterocycles. The summed E-state index contributed by atoms with van der Waals surface area (Å²) in [5, 5.41) is 12.1. The molecule has 0 bridgehead atoms. The number of rotatable bonds is 13. The van der Waals surface area contributed by atoms with E-state index in [1.54, 1.807) is 0 Å². The molecule has 1 unspecified atom stereocenters. The lowest BCUT2D eigenvalue weighted by atomic mass is 10.4. The summed E-state index contributed by atoms with van der Waals surface area (Å²) >= 11 is 0. The minimum atomic E-state index is -4.19. The Morgan fingerprint density at radius 1 is 1.30 bits per heavy atom. The van der Waals surface area contributed by atoms with Gasteiger partial charge in [0.05, 0.1) is 41.0 Å². The maximum Gasteiger partial charge on any atom is 0.472 e. The van der Waals surface area contributed by atoms with Gasteiger partial charge in [0, 0.05) is 6.54 Å². The average molecular weight is 355 g/mol. The topological polar surface area (TPSA) is 114 Å². The van der Waals surface area contributed by atoms with Crippen molar-refractivity contribution < 1.29 is 37.6 Å². The van der Waals surface area contributed by atoms with Gasteiger partial charge >= 0.3 is 7.82 Å². The van der Waals surface area contributed by atoms with Crippen LogP contribution in [0.1, 0.15) is 0 Å². The number of ether oxygens (including phenoxy) is 1. The molecule has 0 heterocycles. The van der Waals surface area contributed by atoms with Crippen molar-refractivity contribution in [2.24, 2.45) is 0 Å². The Balaban J connectivity index is 3.77. The molecule has 0 aromatic rings. The molecule has 0 aliphatic rings. The van der Waals surface area contributed by atoms with Crippen LogP contribution < -0.4 is 5.32 Å². The largest absolute Gasteiger partial charge is 0.472 e. The summed E-state index contributed by atoms with van der Waals surface area (Å²) in [6.07, 6.45) is 0.0626. The summed E-state index contributed by atoms with van der Waals surface area (Å²) < 4.78 is 26.7. The van der Waals surface area contributed by atoms with Crippen LogP contribution in [0, 0.1) is 0 Å². The van der Waals surface area contributed by atoms with Crippen LogP contribution in [0.4, 0.5) is 0 Å². The highest BCUT2D eigenvalue weighted by Gasteiger charge is 2.24. The minimum Gasteiger partial charge on any atom is -0.388 e. The van der Waals surface area contributed by atoms with Crippen molar-refractivity contribution in [2.75, 3.05) is 60.7 Å². The molecule has 10 heteroatoms. The fourth-order valence-electron chi connectivity index (χ4n) is 1.23. The molecule has 23 heavy (non-hydrogen) atoms. The second kappa shape index (κ2) is 10.9. The molecule has 9 nitrogen and oxygen atoms in total. The first kappa shape index (κ1) is 22.2. The zero-order chi connectivity index (χ0) is 17.9. The van der Waals surface area contributed by atoms with Gasteiger partial charge in [-0.3, -0.25) is 13.8 Å². The first-order valence-corrected chi connectivity index (χ1v) is 8.64. The van der Waals surface area contributed by atoms with Gasteiger partial charge in [0.25, 0.3) is 0 Å². The van der Waals surface area contributed by atoms with E-state index < -0.39 is 20.5 Å². The van der Waals surface area contributed by atoms with Crippen LogP contribution in [-0.4, -0.2) is 87.2 Å². The summed E-state index contributed by atoms with van der Waals surface area (Å²) in [5.41, 5.74) is 0. The summed E-state index contributed by atoms with van der Waals surface area (Å²) in [4.78, 5) is 20.3. The van der Waals surface area contributed by atoms with E-state index in [4.69, 9.17) is 9.26 Å². The Hall–Kier alpha value is -0.800. The van der Waals surface area contributed by atoms with Crippen molar-refractivity contribution in [3.8, 4) is 0 Å². The molecule has 2 atom stereocenters. The van der Waals surface area contributed by atoms with Gasteiger partial charge in [-0.15, -0.1) is 0 Å². The third kappa shape index (κ3) is 14.5. The SMILES string of the molecule is C=CC(=O)NCCOC[C@@H](O)COP(=O)(O)OCC[N+](C)(C)C. The predicted octanol–water partition coefficient (Wildman–Crippen LogP) is -0.494. The maximum atomic E-state index is 11.6. The summed E-state index contributed by atoms with van der Waals surface area (Å²) in [6.45, 7) is 3.87. The Morgan fingerprint density at radius 2 is 1.96 bits per heavy atom. The van der Waals surface area contributed by atoms with E-state index in [0.717, 1.165) is 6.08 Å². The molecular formula is C13H28N2O7P+. The number of hydrogen-bond donors (Lipinski definition) is 3. The van der Waals surface area contributed by atoms with Gasteiger partial charge in [-0.2, -0.15) is 0 Å². The molecule has 0 saturated carbocycles. The zero-order valence-electron chi connectivity index (χ0n) is 13.9. The highest BCUT2D eigenvalue weighted by Crippen LogP contribution is 2.43. The lowest BCUT2D eigenvalue weighted by Crippen LogP contribution is -2.37. The number of nitrogens with one attached hydrogen (secondary N) is 1. The second-order valence-corrected chi connectivity index (χ2v) is 7.29. The average Bonchev–Trinajstić information content (AvgIpc) is 2.43. The van der Waals surface area contributed by atoms with Crippen LogP contribution in [0.2, 0.25) is 0 Å². The van der Waals surface area contributed by atoms with Crippen molar-refractivity contribution in [2.45, 2.75) is 6.10 Å². The van der Waals surface area contributed by atoms with E-state index in [-0.39, 0.29) is 32.3 Å². The predicted molar refractivity (Wildman–Crippen MR) is 84.7 cm³/mol. The van der Waals surface area contributed by atoms with Crippen molar-refractivity contribution in [3.63, 3.8) is 0 Å². The standard InChI is InChI=1S/C13H27N2O7P/c1-5-13(17)14-6-8-20-10-12(16)11-22-23(18,19)21-9-7-15(2,3)4/h5,12,16H,1,6-11H2,2-4H3,(H-,14,17,18,19)/p+1/t12-/m1/s1. The van der Waals surface area contributed by atoms with Gasteiger partial charge in [0.2, 0.25) is 5.91 Å². The minimum absolute atomic E-state index is 0.0624. The quantitative estimate of drug-likeness (QED) is 0.177. The maximum absolute atomic E-state index is 11.6. The molecule has 0 aliphatic heterocycles. The fourth-order valence-corrected chi connectivity index (χ4v) is 1.98. The summed E-state index contributed by atoms with van der Waals surface area (Å²) in [7, 11) is 1.58. The molecule has 3 N–H and O–H groups in total. The number of aliphatic hydroxyl groups is 1. The van der Waals surface area contributed by atoms with Crippen LogP contribution in [0.5, 0.6) is 0 Å². The number of amides is 1. The molecule has 136 valence electrons. The second-order valence-electron chi connectivity index (χ2n) is 5.84. The van der Waals surface area contributed by atoms with E-state index in [0.29, 0.717) is 11.0 Å². The third-order valence-electron chi connectivity index (χ3n) is 2.49. The van der Waals surface area contributed by atoms with Crippen LogP contribution >= 0.6 is 7.82 Å². The van der Waals surface area contributed by atoms with Gasteiger partial charge in [0.15, 0.2) is 0 Å². The smallest absolute Gasteiger partial charge is 0.388 e. The molecule has 0 aliphatic carbocycles. The van der Waals surface area contributed by atoms with Crippen LogP contribution in [0.3, 0.4) is 0 Å². The summed E-state index contributed by atoms with van der Waals surface area (Å²) in [6, 6.07) is 0. The van der Waals surface area contributed by atoms with E-state index in [9.17, 15) is 19.4 Å². The Labute approximate surface area is 137 Å². The van der Waals surface area contributed by atoms with E-state index >= 15 is 0 Å². The first-order valence-electron chi connectivity index (χ1n) is 7.14. The number of carbonyl (C=O) groups excluding carboxylic acids is 1. The molecular weight excluding hydrogens is 327 g/mol. The van der Waals surface area contributed by atoms with E-state index in [2.05, 4.69) is 16.4 Å². The number of nitrogens with zero attached hydrogens (tertiary/aromatic N) is 1. The molecule has 0 aromatic carbocycles. The van der Waals surface area contributed by atoms with Crippen LogP contribution in [0.15, 0.2) is 12.7 Å². The highest BCUT2D eigenvalue weighted by molar-refractivity contribution is 7.47. The highest BCUT2D eigenvalue weighted by atomic mass is 31.2. The van der Waals surface area contributed by atoms with Crippen LogP contribution in [0.25, 0.3) is 0 Å². The normalized spacial score (nSPS) is 15.7. The number of likely N-dealkylation sites (N-methyl/N-ethyl adjacent to an activating group) is 1. The van der Waals surface area contributed by atoms with Gasteiger partial charge in [0.1, 0.15) is 19.3 Å². The third-order valence-corrected chi connectivity index (χ3v) is 3.47. The number of quaternary nitrogens is 1. The van der Waals surface area contributed by atoms with E-state index in [1.807, 2.05) is 21.1 Å². The van der Waals surface area contributed by atoms with Crippen molar-refractivity contribution in [3.05, 3.63) is 12.7 Å². The lowest BCUT2D eigenvalue weighted by Gasteiger charge is -2.24. The number of phosphoric ester groups is 1. The van der Waals surface area contributed by atoms with Gasteiger partial charge in [-0.05, 0) is 6.08 Å². The zero-order valence-corrected chi connectivity index (χ0v) is 14.8. The monoisotopic (exact) mass is 355 g/mol. The Bertz CT molecular complexity index is 412. The van der Waals surface area contributed by atoms with E-state index in [1.165, 1.54) is 0 Å². The fraction of sp³-hybridized carbons (Fsp3) is 0.769. The van der Waals surface area contributed by atoms with Crippen molar-refractivity contribution in [1.29, 1.82) is 0 Å². The molecule has 0 radical (unpaired) electrons. The van der Waals surface area contributed by atoms with Crippen LogP contribution in [-0.2, 0) is 23.1 Å². The Kier molecular flexibility index (Phi) is 10.5.